The molecule has 76 valence electrons. The Morgan fingerprint density at radius 1 is 1.71 bits per heavy atom. The van der Waals surface area contributed by atoms with Crippen molar-refractivity contribution in [3.8, 4) is 0 Å². The Balaban J connectivity index is 2.10. The van der Waals surface area contributed by atoms with Crippen LogP contribution in [0, 0.1) is 5.92 Å². The third-order valence-corrected chi connectivity index (χ3v) is 2.82. The number of aryl methyl sites for hydroxylation is 1. The molecule has 3 heteroatoms. The molecule has 1 aromatic rings. The van der Waals surface area contributed by atoms with E-state index < -0.39 is 5.97 Å². The molecule has 0 aromatic carbocycles. The van der Waals surface area contributed by atoms with E-state index in [-0.39, 0.29) is 11.8 Å². The minimum Gasteiger partial charge on any atom is -0.481 e. The molecule has 1 fully saturated rings. The summed E-state index contributed by atoms with van der Waals surface area (Å²) in [5.74, 6) is -0.534. The highest BCUT2D eigenvalue weighted by atomic mass is 16.4. The SMILES string of the molecule is CCCn1cccc1C1CC1C(=O)O. The van der Waals surface area contributed by atoms with Crippen molar-refractivity contribution in [1.82, 2.24) is 4.57 Å². The summed E-state index contributed by atoms with van der Waals surface area (Å²) in [6.07, 6.45) is 3.94. The first-order chi connectivity index (χ1) is 6.74. The van der Waals surface area contributed by atoms with E-state index in [0.717, 1.165) is 19.4 Å². The largest absolute Gasteiger partial charge is 0.481 e. The first-order valence-electron chi connectivity index (χ1n) is 5.12. The molecule has 1 heterocycles. The number of carboxylic acid groups (broad SMARTS) is 1. The van der Waals surface area contributed by atoms with Gasteiger partial charge in [0, 0.05) is 24.4 Å². The fourth-order valence-electron chi connectivity index (χ4n) is 2.00. The van der Waals surface area contributed by atoms with Gasteiger partial charge in [-0.3, -0.25) is 4.79 Å². The van der Waals surface area contributed by atoms with Crippen LogP contribution in [0.5, 0.6) is 0 Å². The van der Waals surface area contributed by atoms with Crippen LogP contribution >= 0.6 is 0 Å². The Morgan fingerprint density at radius 3 is 3.07 bits per heavy atom. The summed E-state index contributed by atoms with van der Waals surface area (Å²) in [5.41, 5.74) is 1.19. The predicted octanol–water partition coefficient (Wildman–Crippen LogP) is 2.09. The highest BCUT2D eigenvalue weighted by Gasteiger charge is 2.45. The number of aliphatic carboxylic acids is 1. The number of rotatable bonds is 4. The molecule has 1 aromatic heterocycles. The number of carboxylic acids is 1. The van der Waals surface area contributed by atoms with E-state index in [4.69, 9.17) is 5.11 Å². The summed E-state index contributed by atoms with van der Waals surface area (Å²) < 4.78 is 2.17. The second-order valence-electron chi connectivity index (χ2n) is 3.91. The van der Waals surface area contributed by atoms with Gasteiger partial charge in [-0.2, -0.15) is 0 Å². The van der Waals surface area contributed by atoms with Gasteiger partial charge in [-0.1, -0.05) is 6.92 Å². The Kier molecular flexibility index (Phi) is 2.32. The average molecular weight is 193 g/mol. The average Bonchev–Trinajstić information content (AvgIpc) is 2.82. The van der Waals surface area contributed by atoms with Crippen LogP contribution in [0.2, 0.25) is 0 Å². The standard InChI is InChI=1S/C11H15NO2/c1-2-5-12-6-3-4-10(12)8-7-9(8)11(13)14/h3-4,6,8-9H,2,5,7H2,1H3,(H,13,14). The fourth-order valence-corrected chi connectivity index (χ4v) is 2.00. The zero-order valence-corrected chi connectivity index (χ0v) is 8.31. The lowest BCUT2D eigenvalue weighted by Gasteiger charge is -2.06. The van der Waals surface area contributed by atoms with E-state index >= 15 is 0 Å². The van der Waals surface area contributed by atoms with Gasteiger partial charge in [0.05, 0.1) is 5.92 Å². The molecular formula is C11H15NO2. The summed E-state index contributed by atoms with van der Waals surface area (Å²) in [4.78, 5) is 10.7. The van der Waals surface area contributed by atoms with Gasteiger partial charge in [-0.15, -0.1) is 0 Å². The summed E-state index contributed by atoms with van der Waals surface area (Å²) in [7, 11) is 0. The molecule has 0 bridgehead atoms. The molecule has 2 unspecified atom stereocenters. The predicted molar refractivity (Wildman–Crippen MR) is 53.2 cm³/mol. The molecule has 0 amide bonds. The lowest BCUT2D eigenvalue weighted by atomic mass is 10.2. The maximum absolute atomic E-state index is 10.7. The number of hydrogen-bond acceptors (Lipinski definition) is 1. The monoisotopic (exact) mass is 193 g/mol. The maximum atomic E-state index is 10.7. The molecule has 0 aliphatic heterocycles. The van der Waals surface area contributed by atoms with E-state index in [1.165, 1.54) is 5.69 Å². The Labute approximate surface area is 83.4 Å². The van der Waals surface area contributed by atoms with Gasteiger partial charge in [0.1, 0.15) is 0 Å². The van der Waals surface area contributed by atoms with Crippen LogP contribution in [0.25, 0.3) is 0 Å². The molecule has 14 heavy (non-hydrogen) atoms. The van der Waals surface area contributed by atoms with E-state index in [0.29, 0.717) is 0 Å². The van der Waals surface area contributed by atoms with Gasteiger partial charge >= 0.3 is 5.97 Å². The van der Waals surface area contributed by atoms with Crippen LogP contribution in [-0.4, -0.2) is 15.6 Å². The quantitative estimate of drug-likeness (QED) is 0.795. The molecule has 3 nitrogen and oxygen atoms in total. The summed E-state index contributed by atoms with van der Waals surface area (Å²) in [6, 6.07) is 4.05. The Hall–Kier alpha value is -1.25. The molecule has 0 radical (unpaired) electrons. The minimum absolute atomic E-state index is 0.138. The van der Waals surface area contributed by atoms with Crippen LogP contribution in [0.4, 0.5) is 0 Å². The van der Waals surface area contributed by atoms with Crippen LogP contribution in [0.1, 0.15) is 31.4 Å². The third-order valence-electron chi connectivity index (χ3n) is 2.82. The normalized spacial score (nSPS) is 24.9. The summed E-state index contributed by atoms with van der Waals surface area (Å²) in [5, 5.41) is 8.83. The summed E-state index contributed by atoms with van der Waals surface area (Å²) in [6.45, 7) is 3.12. The number of hydrogen-bond donors (Lipinski definition) is 1. The van der Waals surface area contributed by atoms with Gasteiger partial charge in [-0.25, -0.2) is 0 Å². The molecule has 0 saturated heterocycles. The van der Waals surface area contributed by atoms with Crippen molar-refractivity contribution in [2.45, 2.75) is 32.2 Å². The van der Waals surface area contributed by atoms with E-state index in [9.17, 15) is 4.79 Å². The van der Waals surface area contributed by atoms with Crippen molar-refractivity contribution in [2.24, 2.45) is 5.92 Å². The van der Waals surface area contributed by atoms with Crippen molar-refractivity contribution < 1.29 is 9.90 Å². The Morgan fingerprint density at radius 2 is 2.50 bits per heavy atom. The topological polar surface area (TPSA) is 42.2 Å². The highest BCUT2D eigenvalue weighted by molar-refractivity contribution is 5.75. The second kappa shape index (κ2) is 3.48. The van der Waals surface area contributed by atoms with Crippen molar-refractivity contribution in [3.05, 3.63) is 24.0 Å². The van der Waals surface area contributed by atoms with E-state index in [1.807, 2.05) is 18.3 Å². The van der Waals surface area contributed by atoms with Crippen LogP contribution < -0.4 is 0 Å². The minimum atomic E-state index is -0.653. The van der Waals surface area contributed by atoms with Gasteiger partial charge in [0.15, 0.2) is 0 Å². The van der Waals surface area contributed by atoms with Gasteiger partial charge in [0.25, 0.3) is 0 Å². The number of nitrogens with zero attached hydrogens (tertiary/aromatic N) is 1. The van der Waals surface area contributed by atoms with Crippen LogP contribution in [0.3, 0.4) is 0 Å². The first kappa shape index (κ1) is 9.31. The van der Waals surface area contributed by atoms with Crippen molar-refractivity contribution in [2.75, 3.05) is 0 Å². The smallest absolute Gasteiger partial charge is 0.307 e. The van der Waals surface area contributed by atoms with Crippen molar-refractivity contribution >= 4 is 5.97 Å². The van der Waals surface area contributed by atoms with Gasteiger partial charge < -0.3 is 9.67 Å². The zero-order chi connectivity index (χ0) is 10.1. The zero-order valence-electron chi connectivity index (χ0n) is 8.31. The molecular weight excluding hydrogens is 178 g/mol. The highest BCUT2D eigenvalue weighted by Crippen LogP contribution is 2.47. The molecule has 1 saturated carbocycles. The lowest BCUT2D eigenvalue weighted by molar-refractivity contribution is -0.138. The molecule has 2 rings (SSSR count). The fraction of sp³-hybridized carbons (Fsp3) is 0.545. The van der Waals surface area contributed by atoms with Crippen molar-refractivity contribution in [3.63, 3.8) is 0 Å². The van der Waals surface area contributed by atoms with Gasteiger partial charge in [0.2, 0.25) is 0 Å². The third kappa shape index (κ3) is 1.54. The first-order valence-corrected chi connectivity index (χ1v) is 5.12. The molecule has 0 spiro atoms. The Bertz CT molecular complexity index is 343. The summed E-state index contributed by atoms with van der Waals surface area (Å²) >= 11 is 0. The van der Waals surface area contributed by atoms with E-state index in [1.54, 1.807) is 0 Å². The molecule has 1 aliphatic carbocycles. The maximum Gasteiger partial charge on any atom is 0.307 e. The van der Waals surface area contributed by atoms with Crippen molar-refractivity contribution in [1.29, 1.82) is 0 Å². The number of carbonyl (C=O) groups is 1. The van der Waals surface area contributed by atoms with Gasteiger partial charge in [-0.05, 0) is 25.0 Å². The molecule has 2 atom stereocenters. The molecule has 1 N–H and O–H groups in total. The lowest BCUT2D eigenvalue weighted by Crippen LogP contribution is -2.04. The molecule has 1 aliphatic rings. The van der Waals surface area contributed by atoms with Crippen LogP contribution in [0.15, 0.2) is 18.3 Å². The van der Waals surface area contributed by atoms with Crippen LogP contribution in [-0.2, 0) is 11.3 Å². The van der Waals surface area contributed by atoms with E-state index in [2.05, 4.69) is 11.5 Å². The number of aromatic nitrogens is 1. The second-order valence-corrected chi connectivity index (χ2v) is 3.91.